The van der Waals surface area contributed by atoms with Gasteiger partial charge in [-0.15, -0.1) is 10.2 Å². The molecule has 0 saturated heterocycles. The molecule has 0 fully saturated rings. The third kappa shape index (κ3) is 1.71. The summed E-state index contributed by atoms with van der Waals surface area (Å²) in [6, 6.07) is 7.65. The summed E-state index contributed by atoms with van der Waals surface area (Å²) in [5, 5.41) is 19.3. The van der Waals surface area contributed by atoms with Crippen molar-refractivity contribution < 1.29 is 9.90 Å². The van der Waals surface area contributed by atoms with Gasteiger partial charge in [-0.2, -0.15) is 0 Å². The fraction of sp³-hybridized carbons (Fsp3) is 0.250. The summed E-state index contributed by atoms with van der Waals surface area (Å²) in [6.07, 6.45) is 2.07. The molecule has 1 aliphatic rings. The number of carboxylic acid groups (broad SMARTS) is 1. The highest BCUT2D eigenvalue weighted by Crippen LogP contribution is 2.27. The number of amides is 1. The lowest BCUT2D eigenvalue weighted by molar-refractivity contribution is 0.188. The van der Waals surface area contributed by atoms with Crippen LogP contribution in [0.4, 0.5) is 4.79 Å². The highest BCUT2D eigenvalue weighted by molar-refractivity contribution is 5.65. The average Bonchev–Trinajstić information content (AvgIpc) is 2.78. The van der Waals surface area contributed by atoms with Crippen LogP contribution >= 0.6 is 0 Å². The van der Waals surface area contributed by atoms with Crippen LogP contribution in [0.25, 0.3) is 5.69 Å². The number of carbonyl (C=O) groups is 1. The first-order chi connectivity index (χ1) is 8.75. The molecule has 1 aromatic carbocycles. The van der Waals surface area contributed by atoms with Crippen LogP contribution in [0.2, 0.25) is 0 Å². The monoisotopic (exact) mass is 244 g/mol. The van der Waals surface area contributed by atoms with Gasteiger partial charge in [0.05, 0.1) is 11.7 Å². The van der Waals surface area contributed by atoms with E-state index in [0.717, 1.165) is 12.1 Å². The molecule has 2 aromatic rings. The number of hydrogen-bond acceptors (Lipinski definition) is 3. The Hall–Kier alpha value is -2.37. The lowest BCUT2D eigenvalue weighted by atomic mass is 10.1. The lowest BCUT2D eigenvalue weighted by Gasteiger charge is -2.13. The second kappa shape index (κ2) is 4.14. The minimum Gasteiger partial charge on any atom is -0.465 e. The van der Waals surface area contributed by atoms with Crippen molar-refractivity contribution in [2.24, 2.45) is 0 Å². The molecule has 0 aliphatic carbocycles. The Morgan fingerprint density at radius 3 is 3.11 bits per heavy atom. The molecule has 6 heteroatoms. The SMILES string of the molecule is O=C(O)NC1CCc2ccccc2-n2cnnc21. The van der Waals surface area contributed by atoms with Crippen LogP contribution in [0.15, 0.2) is 30.6 Å². The molecular weight excluding hydrogens is 232 g/mol. The lowest BCUT2D eigenvalue weighted by Crippen LogP contribution is -2.28. The summed E-state index contributed by atoms with van der Waals surface area (Å²) < 4.78 is 1.85. The predicted octanol–water partition coefficient (Wildman–Crippen LogP) is 1.52. The van der Waals surface area contributed by atoms with Crippen molar-refractivity contribution in [1.82, 2.24) is 20.1 Å². The first-order valence-electron chi connectivity index (χ1n) is 5.73. The van der Waals surface area contributed by atoms with E-state index in [1.807, 2.05) is 28.8 Å². The van der Waals surface area contributed by atoms with Crippen molar-refractivity contribution in [2.45, 2.75) is 18.9 Å². The number of para-hydroxylation sites is 1. The zero-order valence-corrected chi connectivity index (χ0v) is 9.58. The van der Waals surface area contributed by atoms with E-state index in [1.165, 1.54) is 5.56 Å². The molecule has 0 radical (unpaired) electrons. The van der Waals surface area contributed by atoms with Crippen molar-refractivity contribution in [3.05, 3.63) is 42.0 Å². The van der Waals surface area contributed by atoms with Gasteiger partial charge in [0, 0.05) is 0 Å². The smallest absolute Gasteiger partial charge is 0.405 e. The second-order valence-electron chi connectivity index (χ2n) is 4.23. The van der Waals surface area contributed by atoms with Gasteiger partial charge in [-0.1, -0.05) is 18.2 Å². The molecule has 18 heavy (non-hydrogen) atoms. The molecule has 1 amide bonds. The third-order valence-corrected chi connectivity index (χ3v) is 3.14. The maximum atomic E-state index is 10.8. The molecule has 92 valence electrons. The van der Waals surface area contributed by atoms with Crippen molar-refractivity contribution >= 4 is 6.09 Å². The van der Waals surface area contributed by atoms with Gasteiger partial charge < -0.3 is 10.4 Å². The van der Waals surface area contributed by atoms with Gasteiger partial charge in [0.15, 0.2) is 5.82 Å². The Morgan fingerprint density at radius 2 is 2.28 bits per heavy atom. The van der Waals surface area contributed by atoms with Crippen LogP contribution in [-0.4, -0.2) is 26.0 Å². The van der Waals surface area contributed by atoms with E-state index in [4.69, 9.17) is 5.11 Å². The van der Waals surface area contributed by atoms with Crippen LogP contribution in [0, 0.1) is 0 Å². The molecule has 1 aliphatic heterocycles. The molecule has 0 spiro atoms. The van der Waals surface area contributed by atoms with E-state index in [9.17, 15) is 4.79 Å². The second-order valence-corrected chi connectivity index (χ2v) is 4.23. The predicted molar refractivity (Wildman–Crippen MR) is 63.6 cm³/mol. The number of benzene rings is 1. The molecule has 0 saturated carbocycles. The number of aryl methyl sites for hydroxylation is 1. The molecule has 3 rings (SSSR count). The number of hydrogen-bond donors (Lipinski definition) is 2. The standard InChI is InChI=1S/C12H12N4O2/c17-12(18)14-9-6-5-8-3-1-2-4-10(8)16-7-13-15-11(9)16/h1-4,7,9,14H,5-6H2,(H,17,18). The zero-order chi connectivity index (χ0) is 12.5. The molecular formula is C12H12N4O2. The summed E-state index contributed by atoms with van der Waals surface area (Å²) in [4.78, 5) is 10.8. The minimum absolute atomic E-state index is 0.322. The van der Waals surface area contributed by atoms with Gasteiger partial charge in [-0.3, -0.25) is 4.57 Å². The Kier molecular flexibility index (Phi) is 2.47. The highest BCUT2D eigenvalue weighted by Gasteiger charge is 2.24. The molecule has 0 bridgehead atoms. The summed E-state index contributed by atoms with van der Waals surface area (Å²) in [5.41, 5.74) is 2.19. The maximum Gasteiger partial charge on any atom is 0.405 e. The highest BCUT2D eigenvalue weighted by atomic mass is 16.4. The number of nitrogens with zero attached hydrogens (tertiary/aromatic N) is 3. The van der Waals surface area contributed by atoms with Crippen molar-refractivity contribution in [2.75, 3.05) is 0 Å². The largest absolute Gasteiger partial charge is 0.465 e. The van der Waals surface area contributed by atoms with E-state index >= 15 is 0 Å². The van der Waals surface area contributed by atoms with Crippen molar-refractivity contribution in [3.63, 3.8) is 0 Å². The summed E-state index contributed by atoms with van der Waals surface area (Å²) in [5.74, 6) is 0.641. The molecule has 1 unspecified atom stereocenters. The molecule has 2 N–H and O–H groups in total. The number of fused-ring (bicyclic) bond motifs is 3. The minimum atomic E-state index is -1.04. The maximum absolute atomic E-state index is 10.8. The van der Waals surface area contributed by atoms with E-state index in [2.05, 4.69) is 15.5 Å². The van der Waals surface area contributed by atoms with Gasteiger partial charge in [0.2, 0.25) is 0 Å². The van der Waals surface area contributed by atoms with Crippen LogP contribution < -0.4 is 5.32 Å². The normalized spacial score (nSPS) is 17.4. The topological polar surface area (TPSA) is 80.0 Å². The first-order valence-corrected chi connectivity index (χ1v) is 5.73. The number of aromatic nitrogens is 3. The van der Waals surface area contributed by atoms with E-state index in [0.29, 0.717) is 12.2 Å². The molecule has 2 heterocycles. The van der Waals surface area contributed by atoms with Crippen LogP contribution in [0.3, 0.4) is 0 Å². The molecule has 1 atom stereocenters. The number of rotatable bonds is 1. The number of nitrogens with one attached hydrogen (secondary N) is 1. The van der Waals surface area contributed by atoms with Crippen molar-refractivity contribution in [3.8, 4) is 5.69 Å². The van der Waals surface area contributed by atoms with E-state index in [1.54, 1.807) is 6.33 Å². The van der Waals surface area contributed by atoms with E-state index < -0.39 is 6.09 Å². The van der Waals surface area contributed by atoms with Gasteiger partial charge in [0.1, 0.15) is 6.33 Å². The molecule has 1 aromatic heterocycles. The fourth-order valence-electron chi connectivity index (χ4n) is 2.34. The van der Waals surface area contributed by atoms with Crippen LogP contribution in [0.1, 0.15) is 23.9 Å². The van der Waals surface area contributed by atoms with Gasteiger partial charge in [-0.05, 0) is 24.5 Å². The first kappa shape index (κ1) is 10.8. The quantitative estimate of drug-likeness (QED) is 0.797. The summed E-state index contributed by atoms with van der Waals surface area (Å²) in [6.45, 7) is 0. The Morgan fingerprint density at radius 1 is 1.44 bits per heavy atom. The average molecular weight is 244 g/mol. The van der Waals surface area contributed by atoms with Crippen molar-refractivity contribution in [1.29, 1.82) is 0 Å². The van der Waals surface area contributed by atoms with Gasteiger partial charge in [-0.25, -0.2) is 4.79 Å². The van der Waals surface area contributed by atoms with Crippen LogP contribution in [0.5, 0.6) is 0 Å². The fourth-order valence-corrected chi connectivity index (χ4v) is 2.34. The Bertz CT molecular complexity index is 593. The van der Waals surface area contributed by atoms with Gasteiger partial charge >= 0.3 is 6.09 Å². The van der Waals surface area contributed by atoms with Crippen LogP contribution in [-0.2, 0) is 6.42 Å². The van der Waals surface area contributed by atoms with Gasteiger partial charge in [0.25, 0.3) is 0 Å². The Balaban J connectivity index is 2.09. The zero-order valence-electron chi connectivity index (χ0n) is 9.58. The summed E-state index contributed by atoms with van der Waals surface area (Å²) >= 11 is 0. The summed E-state index contributed by atoms with van der Waals surface area (Å²) in [7, 11) is 0. The Labute approximate surface area is 103 Å². The van der Waals surface area contributed by atoms with E-state index in [-0.39, 0.29) is 6.04 Å². The third-order valence-electron chi connectivity index (χ3n) is 3.14. The molecule has 6 nitrogen and oxygen atoms in total.